The van der Waals surface area contributed by atoms with E-state index in [1.165, 1.54) is 0 Å². The normalized spacial score (nSPS) is 16.7. The molecule has 0 saturated heterocycles. The Kier molecular flexibility index (Phi) is 10.0. The predicted molar refractivity (Wildman–Crippen MR) is 120 cm³/mol. The lowest BCUT2D eigenvalue weighted by atomic mass is 9.92. The van der Waals surface area contributed by atoms with E-state index in [1.807, 2.05) is 24.3 Å². The SMILES string of the molecule is COc1ccc(CO[C@@H](CC=O)[C@H](C)[C@@H](OC)[C@@H](C)O[Si](C)(C)C(C)(C)C)cc1. The number of rotatable bonds is 12. The maximum absolute atomic E-state index is 11.3. The number of methoxy groups -OCH3 is 2. The Bertz CT molecular complexity index is 609. The van der Waals surface area contributed by atoms with Gasteiger partial charge < -0.3 is 23.4 Å². The second-order valence-corrected chi connectivity index (χ2v) is 14.0. The Morgan fingerprint density at radius 2 is 1.66 bits per heavy atom. The Morgan fingerprint density at radius 1 is 1.07 bits per heavy atom. The Balaban J connectivity index is 2.84. The second-order valence-electron chi connectivity index (χ2n) is 9.24. The molecule has 0 bridgehead atoms. The molecule has 0 amide bonds. The summed E-state index contributed by atoms with van der Waals surface area (Å²) in [6.07, 6.45) is 0.746. The molecule has 0 N–H and O–H groups in total. The van der Waals surface area contributed by atoms with Gasteiger partial charge in [-0.05, 0) is 42.8 Å². The van der Waals surface area contributed by atoms with Gasteiger partial charge in [0.05, 0.1) is 32.0 Å². The van der Waals surface area contributed by atoms with Crippen LogP contribution in [0.4, 0.5) is 0 Å². The number of carbonyl (C=O) groups is 1. The molecule has 1 aromatic carbocycles. The number of ether oxygens (including phenoxy) is 3. The van der Waals surface area contributed by atoms with Crippen LogP contribution in [0.25, 0.3) is 0 Å². The molecule has 0 radical (unpaired) electrons. The molecular weight excluding hydrogens is 384 g/mol. The van der Waals surface area contributed by atoms with Gasteiger partial charge >= 0.3 is 0 Å². The molecule has 0 heterocycles. The number of hydrogen-bond donors (Lipinski definition) is 0. The van der Waals surface area contributed by atoms with Crippen LogP contribution in [0.3, 0.4) is 0 Å². The van der Waals surface area contributed by atoms with Crippen LogP contribution in [0, 0.1) is 5.92 Å². The standard InChI is InChI=1S/C23H40O5Si/c1-17(22(26-7)18(2)28-29(8,9)23(3,4)5)21(14-15-24)27-16-19-10-12-20(25-6)13-11-19/h10-13,15,17-18,21-22H,14,16H2,1-9H3/t17-,18+,21-,22+/m0/s1. The van der Waals surface area contributed by atoms with Gasteiger partial charge in [0.1, 0.15) is 12.0 Å². The van der Waals surface area contributed by atoms with Gasteiger partial charge in [-0.1, -0.05) is 39.8 Å². The largest absolute Gasteiger partial charge is 0.497 e. The molecule has 0 aliphatic carbocycles. The van der Waals surface area contributed by atoms with E-state index in [4.69, 9.17) is 18.6 Å². The van der Waals surface area contributed by atoms with Crippen molar-refractivity contribution in [3.63, 3.8) is 0 Å². The van der Waals surface area contributed by atoms with E-state index in [9.17, 15) is 4.79 Å². The average molecular weight is 425 g/mol. The lowest BCUT2D eigenvalue weighted by molar-refractivity contribution is -0.117. The van der Waals surface area contributed by atoms with E-state index >= 15 is 0 Å². The third-order valence-electron chi connectivity index (χ3n) is 6.08. The van der Waals surface area contributed by atoms with Crippen LogP contribution < -0.4 is 4.74 Å². The summed E-state index contributed by atoms with van der Waals surface area (Å²) in [6.45, 7) is 15.7. The third-order valence-corrected chi connectivity index (χ3v) is 10.7. The fraction of sp³-hybridized carbons (Fsp3) is 0.696. The van der Waals surface area contributed by atoms with Crippen molar-refractivity contribution in [3.05, 3.63) is 29.8 Å². The lowest BCUT2D eigenvalue weighted by Crippen LogP contribution is -2.49. The minimum absolute atomic E-state index is 0.00298. The molecule has 0 aliphatic heterocycles. The first-order valence-corrected chi connectivity index (χ1v) is 13.3. The maximum Gasteiger partial charge on any atom is 0.192 e. The number of carbonyl (C=O) groups excluding carboxylic acids is 1. The summed E-state index contributed by atoms with van der Waals surface area (Å²) in [5.41, 5.74) is 1.04. The van der Waals surface area contributed by atoms with Gasteiger partial charge in [0.15, 0.2) is 8.32 Å². The highest BCUT2D eigenvalue weighted by Crippen LogP contribution is 2.38. The van der Waals surface area contributed by atoms with Gasteiger partial charge in [0.25, 0.3) is 0 Å². The van der Waals surface area contributed by atoms with Gasteiger partial charge in [-0.2, -0.15) is 0 Å². The minimum Gasteiger partial charge on any atom is -0.497 e. The van der Waals surface area contributed by atoms with E-state index < -0.39 is 8.32 Å². The number of aldehydes is 1. The molecule has 0 aromatic heterocycles. The molecule has 4 atom stereocenters. The van der Waals surface area contributed by atoms with E-state index in [0.717, 1.165) is 17.6 Å². The van der Waals surface area contributed by atoms with Crippen LogP contribution >= 0.6 is 0 Å². The number of hydrogen-bond acceptors (Lipinski definition) is 5. The van der Waals surface area contributed by atoms with Gasteiger partial charge in [-0.3, -0.25) is 0 Å². The molecule has 1 rings (SSSR count). The zero-order valence-electron chi connectivity index (χ0n) is 19.7. The highest BCUT2D eigenvalue weighted by Gasteiger charge is 2.41. The van der Waals surface area contributed by atoms with Crippen molar-refractivity contribution in [2.24, 2.45) is 5.92 Å². The van der Waals surface area contributed by atoms with Crippen molar-refractivity contribution in [1.29, 1.82) is 0 Å². The van der Waals surface area contributed by atoms with E-state index in [2.05, 4.69) is 47.7 Å². The van der Waals surface area contributed by atoms with Crippen LogP contribution in [0.15, 0.2) is 24.3 Å². The highest BCUT2D eigenvalue weighted by molar-refractivity contribution is 6.74. The zero-order chi connectivity index (χ0) is 22.2. The fourth-order valence-electron chi connectivity index (χ4n) is 3.21. The molecule has 0 fully saturated rings. The Morgan fingerprint density at radius 3 is 2.10 bits per heavy atom. The molecule has 5 nitrogen and oxygen atoms in total. The van der Waals surface area contributed by atoms with Crippen LogP contribution in [-0.2, 0) is 25.3 Å². The van der Waals surface area contributed by atoms with Crippen LogP contribution in [0.5, 0.6) is 5.75 Å². The summed E-state index contributed by atoms with van der Waals surface area (Å²) in [5.74, 6) is 0.811. The van der Waals surface area contributed by atoms with Crippen LogP contribution in [0.2, 0.25) is 18.1 Å². The molecule has 29 heavy (non-hydrogen) atoms. The number of benzene rings is 1. The van der Waals surface area contributed by atoms with Crippen molar-refractivity contribution in [1.82, 2.24) is 0 Å². The van der Waals surface area contributed by atoms with E-state index in [1.54, 1.807) is 14.2 Å². The van der Waals surface area contributed by atoms with E-state index in [-0.39, 0.29) is 29.3 Å². The van der Waals surface area contributed by atoms with Crippen LogP contribution in [0.1, 0.15) is 46.6 Å². The van der Waals surface area contributed by atoms with Gasteiger partial charge in [0, 0.05) is 19.4 Å². The Hall–Kier alpha value is -1.21. The molecule has 0 unspecified atom stereocenters. The fourth-order valence-corrected chi connectivity index (χ4v) is 4.63. The average Bonchev–Trinajstić information content (AvgIpc) is 2.64. The summed E-state index contributed by atoms with van der Waals surface area (Å²) in [5, 5.41) is 0.121. The van der Waals surface area contributed by atoms with Crippen molar-refractivity contribution in [2.75, 3.05) is 14.2 Å². The third kappa shape index (κ3) is 7.52. The van der Waals surface area contributed by atoms with Crippen molar-refractivity contribution in [3.8, 4) is 5.75 Å². The van der Waals surface area contributed by atoms with Crippen molar-refractivity contribution in [2.45, 2.75) is 84.1 Å². The quantitative estimate of drug-likeness (QED) is 0.340. The van der Waals surface area contributed by atoms with Crippen LogP contribution in [-0.4, -0.2) is 47.1 Å². The first-order valence-electron chi connectivity index (χ1n) is 10.4. The molecule has 0 spiro atoms. The molecule has 166 valence electrons. The summed E-state index contributed by atoms with van der Waals surface area (Å²) in [4.78, 5) is 11.3. The topological polar surface area (TPSA) is 54.0 Å². The first-order chi connectivity index (χ1) is 13.5. The summed E-state index contributed by atoms with van der Waals surface area (Å²) in [6, 6.07) is 7.75. The second kappa shape index (κ2) is 11.3. The first kappa shape index (κ1) is 25.8. The Labute approximate surface area is 178 Å². The molecule has 1 aromatic rings. The van der Waals surface area contributed by atoms with Crippen molar-refractivity contribution >= 4 is 14.6 Å². The lowest BCUT2D eigenvalue weighted by Gasteiger charge is -2.42. The molecule has 0 saturated carbocycles. The molecule has 6 heteroatoms. The minimum atomic E-state index is -1.93. The van der Waals surface area contributed by atoms with Gasteiger partial charge in [0.2, 0.25) is 0 Å². The summed E-state index contributed by atoms with van der Waals surface area (Å²) >= 11 is 0. The molecular formula is C23H40O5Si. The smallest absolute Gasteiger partial charge is 0.192 e. The summed E-state index contributed by atoms with van der Waals surface area (Å²) < 4.78 is 23.7. The monoisotopic (exact) mass is 424 g/mol. The van der Waals surface area contributed by atoms with Crippen molar-refractivity contribution < 1.29 is 23.4 Å². The molecule has 0 aliphatic rings. The highest BCUT2D eigenvalue weighted by atomic mass is 28.4. The van der Waals surface area contributed by atoms with Gasteiger partial charge in [-0.25, -0.2) is 0 Å². The zero-order valence-corrected chi connectivity index (χ0v) is 20.7. The van der Waals surface area contributed by atoms with Gasteiger partial charge in [-0.15, -0.1) is 0 Å². The van der Waals surface area contributed by atoms with E-state index in [0.29, 0.717) is 13.0 Å². The maximum atomic E-state index is 11.3. The predicted octanol–water partition coefficient (Wildman–Crippen LogP) is 5.23. The summed E-state index contributed by atoms with van der Waals surface area (Å²) in [7, 11) is 1.42.